The van der Waals surface area contributed by atoms with E-state index in [1.54, 1.807) is 0 Å². The Morgan fingerprint density at radius 3 is 2.58 bits per heavy atom. The van der Waals surface area contributed by atoms with Gasteiger partial charge in [0.2, 0.25) is 11.6 Å². The summed E-state index contributed by atoms with van der Waals surface area (Å²) in [5, 5.41) is 20.7. The summed E-state index contributed by atoms with van der Waals surface area (Å²) in [7, 11) is -4.81. The summed E-state index contributed by atoms with van der Waals surface area (Å²) in [6, 6.07) is 0. The third-order valence-corrected chi connectivity index (χ3v) is 5.47. The number of aliphatic hydroxyl groups is 2. The van der Waals surface area contributed by atoms with E-state index in [0.29, 0.717) is 11.2 Å². The van der Waals surface area contributed by atoms with Crippen LogP contribution in [0, 0.1) is 0 Å². The zero-order chi connectivity index (χ0) is 23.5. The van der Waals surface area contributed by atoms with Crippen LogP contribution in [0.15, 0.2) is 12.7 Å². The lowest BCUT2D eigenvalue weighted by Crippen LogP contribution is -2.33. The first-order valence-electron chi connectivity index (χ1n) is 9.31. The second-order valence-electron chi connectivity index (χ2n) is 7.12. The molecule has 0 aliphatic carbocycles. The smallest absolute Gasteiger partial charge is 0.387 e. The Balaban J connectivity index is 1.53. The molecule has 0 unspecified atom stereocenters. The van der Waals surface area contributed by atoms with Gasteiger partial charge in [0.25, 0.3) is 0 Å². The normalized spacial score (nSPS) is 23.6. The zero-order valence-electron chi connectivity index (χ0n) is 16.4. The Bertz CT molecular complexity index is 1400. The largest absolute Gasteiger partial charge is 0.469 e. The number of nitrogens with one attached hydrogen (secondary N) is 1. The van der Waals surface area contributed by atoms with Gasteiger partial charge in [-0.05, 0) is 0 Å². The zero-order valence-corrected chi connectivity index (χ0v) is 17.3. The molecule has 1 aliphatic rings. The van der Waals surface area contributed by atoms with E-state index < -0.39 is 39.0 Å². The van der Waals surface area contributed by atoms with Crippen molar-refractivity contribution in [1.29, 1.82) is 0 Å². The molecule has 1 fully saturated rings. The standard InChI is InChI=1S/C15H17N10O7P/c16-9-5-11(19-2-18-5)23-12(21-9)13-22-10(17)6-14(24-13)25(3-20-6)15-8(27)7(26)4(32-15)1-31-33(28,29)30/h2-4,7-8,15,26-27H,1H2,(H2,17,22,24)(H2,28,29,30)(H3,16,18,19,21,23)/t4-,7-,8+,15-/m1/s1. The van der Waals surface area contributed by atoms with E-state index in [-0.39, 0.29) is 34.4 Å². The van der Waals surface area contributed by atoms with Crippen molar-refractivity contribution in [1.82, 2.24) is 39.5 Å². The van der Waals surface area contributed by atoms with Crippen molar-refractivity contribution in [3.05, 3.63) is 12.7 Å². The van der Waals surface area contributed by atoms with Crippen molar-refractivity contribution in [2.24, 2.45) is 0 Å². The molecule has 0 bridgehead atoms. The minimum atomic E-state index is -4.81. The molecule has 5 heterocycles. The number of phosphoric ester groups is 1. The maximum atomic E-state index is 11.0. The van der Waals surface area contributed by atoms with Crippen molar-refractivity contribution >= 4 is 41.8 Å². The van der Waals surface area contributed by atoms with E-state index in [1.807, 2.05) is 0 Å². The minimum Gasteiger partial charge on any atom is -0.387 e. The second-order valence-corrected chi connectivity index (χ2v) is 8.36. The molecule has 0 aromatic carbocycles. The molecule has 4 aromatic heterocycles. The Hall–Kier alpha value is -3.31. The number of aromatic amines is 1. The van der Waals surface area contributed by atoms with Crippen LogP contribution in [-0.4, -0.2) is 84.4 Å². The number of fused-ring (bicyclic) bond motifs is 2. The van der Waals surface area contributed by atoms with Crippen molar-refractivity contribution in [3.8, 4) is 11.6 Å². The van der Waals surface area contributed by atoms with E-state index in [2.05, 4.69) is 39.4 Å². The van der Waals surface area contributed by atoms with E-state index in [1.165, 1.54) is 17.2 Å². The van der Waals surface area contributed by atoms with Crippen molar-refractivity contribution in [2.75, 3.05) is 18.1 Å². The van der Waals surface area contributed by atoms with Gasteiger partial charge in [-0.15, -0.1) is 0 Å². The number of rotatable bonds is 5. The molecule has 0 amide bonds. The number of hydrogen-bond donors (Lipinski definition) is 7. The lowest BCUT2D eigenvalue weighted by atomic mass is 10.1. The molecule has 0 spiro atoms. The second kappa shape index (κ2) is 7.63. The van der Waals surface area contributed by atoms with Gasteiger partial charge in [-0.25, -0.2) is 34.5 Å². The van der Waals surface area contributed by atoms with Gasteiger partial charge in [0, 0.05) is 0 Å². The van der Waals surface area contributed by atoms with Crippen LogP contribution in [0.25, 0.3) is 34.0 Å². The van der Waals surface area contributed by atoms with Crippen LogP contribution in [0.5, 0.6) is 0 Å². The number of phosphoric acid groups is 1. The average molecular weight is 480 g/mol. The first-order chi connectivity index (χ1) is 15.6. The van der Waals surface area contributed by atoms with Crippen molar-refractivity contribution in [3.63, 3.8) is 0 Å². The van der Waals surface area contributed by atoms with Gasteiger partial charge < -0.3 is 41.2 Å². The highest BCUT2D eigenvalue weighted by Gasteiger charge is 2.45. The number of anilines is 2. The van der Waals surface area contributed by atoms with Crippen molar-refractivity contribution < 1.29 is 33.8 Å². The van der Waals surface area contributed by atoms with Crippen LogP contribution >= 0.6 is 7.82 Å². The average Bonchev–Trinajstić information content (AvgIpc) is 3.45. The summed E-state index contributed by atoms with van der Waals surface area (Å²) in [5.41, 5.74) is 13.0. The van der Waals surface area contributed by atoms with Gasteiger partial charge >= 0.3 is 7.82 Å². The Labute approximate surface area is 182 Å². The number of nitrogen functional groups attached to an aromatic ring is 2. The fraction of sp³-hybridized carbons (Fsp3) is 0.333. The summed E-state index contributed by atoms with van der Waals surface area (Å²) < 4.78 is 22.2. The highest BCUT2D eigenvalue weighted by atomic mass is 31.2. The number of aromatic nitrogens is 8. The number of aliphatic hydroxyl groups excluding tert-OH is 2. The molecule has 0 saturated carbocycles. The fourth-order valence-electron chi connectivity index (χ4n) is 3.45. The number of H-pyrrole nitrogens is 1. The third-order valence-electron chi connectivity index (χ3n) is 4.98. The summed E-state index contributed by atoms with van der Waals surface area (Å²) >= 11 is 0. The highest BCUT2D eigenvalue weighted by Crippen LogP contribution is 2.39. The van der Waals surface area contributed by atoms with Gasteiger partial charge in [0.1, 0.15) is 29.3 Å². The molecular weight excluding hydrogens is 463 g/mol. The molecular formula is C15H17N10O7P. The molecule has 1 saturated heterocycles. The molecule has 17 nitrogen and oxygen atoms in total. The first-order valence-corrected chi connectivity index (χ1v) is 10.8. The molecule has 9 N–H and O–H groups in total. The highest BCUT2D eigenvalue weighted by molar-refractivity contribution is 7.46. The number of ether oxygens (including phenoxy) is 1. The molecule has 174 valence electrons. The maximum Gasteiger partial charge on any atom is 0.469 e. The lowest BCUT2D eigenvalue weighted by Gasteiger charge is -2.16. The van der Waals surface area contributed by atoms with Crippen molar-refractivity contribution in [2.45, 2.75) is 24.5 Å². The summed E-state index contributed by atoms with van der Waals surface area (Å²) in [6.07, 6.45) is -2.80. The van der Waals surface area contributed by atoms with E-state index in [0.717, 1.165) is 0 Å². The lowest BCUT2D eigenvalue weighted by molar-refractivity contribution is -0.0503. The Morgan fingerprint density at radius 1 is 1.09 bits per heavy atom. The molecule has 0 radical (unpaired) electrons. The van der Waals surface area contributed by atoms with Gasteiger partial charge in [0.05, 0.1) is 19.3 Å². The molecule has 1 aliphatic heterocycles. The topological polar surface area (TPSA) is 267 Å². The fourth-order valence-corrected chi connectivity index (χ4v) is 3.79. The third kappa shape index (κ3) is 3.76. The monoisotopic (exact) mass is 480 g/mol. The van der Waals surface area contributed by atoms with E-state index in [4.69, 9.17) is 26.0 Å². The van der Waals surface area contributed by atoms with Crippen LogP contribution in [0.4, 0.5) is 11.6 Å². The van der Waals surface area contributed by atoms with Crippen LogP contribution < -0.4 is 11.5 Å². The minimum absolute atomic E-state index is 0.00670. The number of nitrogens with two attached hydrogens (primary N) is 2. The molecule has 4 atom stereocenters. The molecule has 18 heteroatoms. The van der Waals surface area contributed by atoms with E-state index >= 15 is 0 Å². The molecule has 4 aromatic rings. The van der Waals surface area contributed by atoms with Gasteiger partial charge in [0.15, 0.2) is 29.2 Å². The SMILES string of the molecule is Nc1nc(-c2nc(N)c3[nH]cnc3n2)nc2c1ncn2[C@@H]1O[C@H](COP(=O)(O)O)[C@@H](O)[C@@H]1O. The number of nitrogens with zero attached hydrogens (tertiary/aromatic N) is 7. The maximum absolute atomic E-state index is 11.0. The molecule has 5 rings (SSSR count). The van der Waals surface area contributed by atoms with Gasteiger partial charge in [-0.1, -0.05) is 0 Å². The number of hydrogen-bond acceptors (Lipinski definition) is 13. The summed E-state index contributed by atoms with van der Waals surface area (Å²) in [6.45, 7) is -0.662. The number of imidazole rings is 2. The predicted octanol–water partition coefficient (Wildman–Crippen LogP) is -1.95. The Kier molecular flexibility index (Phi) is 4.98. The van der Waals surface area contributed by atoms with Crippen LogP contribution in [0.2, 0.25) is 0 Å². The van der Waals surface area contributed by atoms with Gasteiger partial charge in [-0.3, -0.25) is 9.09 Å². The quantitative estimate of drug-likeness (QED) is 0.153. The predicted molar refractivity (Wildman–Crippen MR) is 109 cm³/mol. The van der Waals surface area contributed by atoms with Crippen LogP contribution in [0.1, 0.15) is 6.23 Å². The Morgan fingerprint density at radius 2 is 1.82 bits per heavy atom. The summed E-state index contributed by atoms with van der Waals surface area (Å²) in [5.74, 6) is 0.128. The summed E-state index contributed by atoms with van der Waals surface area (Å²) in [4.78, 5) is 45.7. The van der Waals surface area contributed by atoms with Crippen LogP contribution in [0.3, 0.4) is 0 Å². The van der Waals surface area contributed by atoms with Gasteiger partial charge in [-0.2, -0.15) is 0 Å². The van der Waals surface area contributed by atoms with E-state index in [9.17, 15) is 14.8 Å². The first kappa shape index (κ1) is 21.5. The van der Waals surface area contributed by atoms with Crippen LogP contribution in [-0.2, 0) is 13.8 Å². The molecule has 33 heavy (non-hydrogen) atoms.